The maximum absolute atomic E-state index is 11.0. The van der Waals surface area contributed by atoms with E-state index in [1.54, 1.807) is 11.6 Å². The second-order valence-electron chi connectivity index (χ2n) is 2.85. The zero-order valence-corrected chi connectivity index (χ0v) is 9.00. The first-order chi connectivity index (χ1) is 6.37. The Balaban J connectivity index is 3.61. The molecule has 1 unspecified atom stereocenters. The summed E-state index contributed by atoms with van der Waals surface area (Å²) in [5.74, 6) is -0.564. The molecule has 0 aromatic rings. The summed E-state index contributed by atoms with van der Waals surface area (Å²) in [6.07, 6.45) is 0.671. The molecule has 0 rings (SSSR count). The van der Waals surface area contributed by atoms with Gasteiger partial charge in [-0.3, -0.25) is 9.35 Å². The van der Waals surface area contributed by atoms with Gasteiger partial charge < -0.3 is 4.74 Å². The minimum absolute atomic E-state index is 0.0804. The topological polar surface area (TPSA) is 92.7 Å². The first-order valence-electron chi connectivity index (χ1n) is 4.25. The Morgan fingerprint density at radius 3 is 2.57 bits per heavy atom. The molecule has 0 amide bonds. The number of carbonyl (C=O) groups is 1. The molecule has 0 heterocycles. The molecule has 84 valence electrons. The third kappa shape index (κ3) is 6.81. The molecule has 0 aliphatic carbocycles. The number of nitrogens with one attached hydrogen (secondary N) is 1. The first kappa shape index (κ1) is 13.3. The fourth-order valence-electron chi connectivity index (χ4n) is 0.631. The van der Waals surface area contributed by atoms with Crippen LogP contribution in [-0.2, 0) is 19.8 Å². The Kier molecular flexibility index (Phi) is 5.66. The Morgan fingerprint density at radius 2 is 2.14 bits per heavy atom. The summed E-state index contributed by atoms with van der Waals surface area (Å²) in [5.41, 5.74) is 0. The molecule has 0 saturated carbocycles. The number of hydrogen-bond acceptors (Lipinski definition) is 4. The summed E-state index contributed by atoms with van der Waals surface area (Å²) in [6, 6.07) is 0. The summed E-state index contributed by atoms with van der Waals surface area (Å²) < 4.78 is 35.1. The predicted octanol–water partition coefficient (Wildman–Crippen LogP) is -0.0319. The number of ether oxygens (including phenoxy) is 1. The average Bonchev–Trinajstić information content (AvgIpc) is 2.09. The SMILES string of the molecule is CCC(C)C(=O)OCCNS(=O)(=O)O. The summed E-state index contributed by atoms with van der Waals surface area (Å²) in [5, 5.41) is 0. The predicted molar refractivity (Wildman–Crippen MR) is 50.0 cm³/mol. The van der Waals surface area contributed by atoms with E-state index in [4.69, 9.17) is 9.29 Å². The Bertz CT molecular complexity index is 274. The van der Waals surface area contributed by atoms with Gasteiger partial charge in [-0.25, -0.2) is 0 Å². The first-order valence-corrected chi connectivity index (χ1v) is 5.69. The summed E-state index contributed by atoms with van der Waals surface area (Å²) in [6.45, 7) is 3.37. The van der Waals surface area contributed by atoms with Crippen LogP contribution in [-0.4, -0.2) is 32.1 Å². The molecule has 14 heavy (non-hydrogen) atoms. The zero-order valence-electron chi connectivity index (χ0n) is 8.19. The summed E-state index contributed by atoms with van der Waals surface area (Å²) >= 11 is 0. The van der Waals surface area contributed by atoms with Gasteiger partial charge in [0.1, 0.15) is 6.61 Å². The van der Waals surface area contributed by atoms with Crippen LogP contribution in [0.1, 0.15) is 20.3 Å². The number of esters is 1. The van der Waals surface area contributed by atoms with Gasteiger partial charge in [0.15, 0.2) is 0 Å². The van der Waals surface area contributed by atoms with Crippen LogP contribution in [0.4, 0.5) is 0 Å². The van der Waals surface area contributed by atoms with E-state index in [2.05, 4.69) is 0 Å². The van der Waals surface area contributed by atoms with Crippen molar-refractivity contribution in [1.82, 2.24) is 4.72 Å². The minimum Gasteiger partial charge on any atom is -0.464 e. The Hall–Kier alpha value is -0.660. The van der Waals surface area contributed by atoms with E-state index < -0.39 is 10.3 Å². The molecular formula is C7H15NO5S. The van der Waals surface area contributed by atoms with Gasteiger partial charge >= 0.3 is 16.3 Å². The molecule has 1 atom stereocenters. The highest BCUT2D eigenvalue weighted by Crippen LogP contribution is 2.02. The normalized spacial score (nSPS) is 13.6. The van der Waals surface area contributed by atoms with Crippen LogP contribution in [0.2, 0.25) is 0 Å². The molecule has 0 aliphatic heterocycles. The van der Waals surface area contributed by atoms with E-state index in [1.807, 2.05) is 6.92 Å². The molecule has 7 heteroatoms. The molecule has 0 aromatic carbocycles. The van der Waals surface area contributed by atoms with Crippen molar-refractivity contribution in [3.8, 4) is 0 Å². The lowest BCUT2D eigenvalue weighted by atomic mass is 10.1. The van der Waals surface area contributed by atoms with E-state index in [-0.39, 0.29) is 25.0 Å². The fourth-order valence-corrected chi connectivity index (χ4v) is 0.972. The van der Waals surface area contributed by atoms with Crippen LogP contribution in [0.15, 0.2) is 0 Å². The van der Waals surface area contributed by atoms with Gasteiger partial charge in [0.2, 0.25) is 0 Å². The van der Waals surface area contributed by atoms with Gasteiger partial charge in [-0.05, 0) is 6.42 Å². The molecule has 0 spiro atoms. The van der Waals surface area contributed by atoms with Crippen LogP contribution in [0.3, 0.4) is 0 Å². The number of hydrogen-bond donors (Lipinski definition) is 2. The van der Waals surface area contributed by atoms with Gasteiger partial charge in [-0.2, -0.15) is 13.1 Å². The highest BCUT2D eigenvalue weighted by atomic mass is 32.2. The maximum Gasteiger partial charge on any atom is 0.333 e. The van der Waals surface area contributed by atoms with Gasteiger partial charge in [0, 0.05) is 6.54 Å². The largest absolute Gasteiger partial charge is 0.464 e. The Morgan fingerprint density at radius 1 is 1.57 bits per heavy atom. The van der Waals surface area contributed by atoms with Crippen molar-refractivity contribution in [2.24, 2.45) is 5.92 Å². The monoisotopic (exact) mass is 225 g/mol. The van der Waals surface area contributed by atoms with E-state index in [0.29, 0.717) is 6.42 Å². The molecular weight excluding hydrogens is 210 g/mol. The molecule has 0 aliphatic rings. The van der Waals surface area contributed by atoms with Crippen molar-refractivity contribution in [3.63, 3.8) is 0 Å². The van der Waals surface area contributed by atoms with Crippen molar-refractivity contribution < 1.29 is 22.5 Å². The summed E-state index contributed by atoms with van der Waals surface area (Å²) in [7, 11) is -4.19. The van der Waals surface area contributed by atoms with E-state index in [1.165, 1.54) is 0 Å². The summed E-state index contributed by atoms with van der Waals surface area (Å²) in [4.78, 5) is 11.0. The van der Waals surface area contributed by atoms with E-state index in [9.17, 15) is 13.2 Å². The maximum atomic E-state index is 11.0. The van der Waals surface area contributed by atoms with Gasteiger partial charge in [-0.1, -0.05) is 13.8 Å². The van der Waals surface area contributed by atoms with Crippen molar-refractivity contribution in [2.45, 2.75) is 20.3 Å². The lowest BCUT2D eigenvalue weighted by molar-refractivity contribution is -0.147. The van der Waals surface area contributed by atoms with Gasteiger partial charge in [-0.15, -0.1) is 0 Å². The van der Waals surface area contributed by atoms with E-state index >= 15 is 0 Å². The second-order valence-corrected chi connectivity index (χ2v) is 4.09. The van der Waals surface area contributed by atoms with Crippen LogP contribution < -0.4 is 4.72 Å². The van der Waals surface area contributed by atoms with Crippen molar-refractivity contribution >= 4 is 16.3 Å². The van der Waals surface area contributed by atoms with Crippen molar-refractivity contribution in [1.29, 1.82) is 0 Å². The van der Waals surface area contributed by atoms with Gasteiger partial charge in [0.05, 0.1) is 5.92 Å². The molecule has 0 radical (unpaired) electrons. The quantitative estimate of drug-likeness (QED) is 0.376. The molecule has 2 N–H and O–H groups in total. The average molecular weight is 225 g/mol. The minimum atomic E-state index is -4.19. The zero-order chi connectivity index (χ0) is 11.2. The molecule has 0 aromatic heterocycles. The Labute approximate surface area is 83.5 Å². The third-order valence-electron chi connectivity index (χ3n) is 1.65. The van der Waals surface area contributed by atoms with Crippen LogP contribution in [0.25, 0.3) is 0 Å². The van der Waals surface area contributed by atoms with Crippen molar-refractivity contribution in [3.05, 3.63) is 0 Å². The molecule has 0 bridgehead atoms. The third-order valence-corrected chi connectivity index (χ3v) is 2.21. The number of carbonyl (C=O) groups excluding carboxylic acids is 1. The molecule has 0 saturated heterocycles. The van der Waals surface area contributed by atoms with Crippen LogP contribution in [0, 0.1) is 5.92 Å². The standard InChI is InChI=1S/C7H15NO5S/c1-3-6(2)7(9)13-5-4-8-14(10,11)12/h6,8H,3-5H2,1-2H3,(H,10,11,12). The smallest absolute Gasteiger partial charge is 0.333 e. The highest BCUT2D eigenvalue weighted by Gasteiger charge is 2.11. The van der Waals surface area contributed by atoms with Crippen molar-refractivity contribution in [2.75, 3.05) is 13.2 Å². The molecule has 6 nitrogen and oxygen atoms in total. The second kappa shape index (κ2) is 5.94. The van der Waals surface area contributed by atoms with E-state index in [0.717, 1.165) is 0 Å². The number of rotatable bonds is 6. The highest BCUT2D eigenvalue weighted by molar-refractivity contribution is 7.83. The van der Waals surface area contributed by atoms with Crippen LogP contribution >= 0.6 is 0 Å². The lowest BCUT2D eigenvalue weighted by Gasteiger charge is -2.08. The van der Waals surface area contributed by atoms with Gasteiger partial charge in [0.25, 0.3) is 0 Å². The van der Waals surface area contributed by atoms with Crippen LogP contribution in [0.5, 0.6) is 0 Å². The lowest BCUT2D eigenvalue weighted by Crippen LogP contribution is -2.28. The fraction of sp³-hybridized carbons (Fsp3) is 0.857. The molecule has 0 fully saturated rings.